The molecule has 1 aromatic carbocycles. The molecule has 0 saturated carbocycles. The molecule has 0 unspecified atom stereocenters. The van der Waals surface area contributed by atoms with Crippen LogP contribution in [0.1, 0.15) is 30.1 Å². The number of aliphatic hydroxyl groups is 4. The monoisotopic (exact) mass is 401 g/mol. The molecule has 0 spiro atoms. The van der Waals surface area contributed by atoms with Crippen molar-refractivity contribution < 1.29 is 29.9 Å². The summed E-state index contributed by atoms with van der Waals surface area (Å²) in [5.41, 5.74) is 1.56. The quantitative estimate of drug-likeness (QED) is 0.568. The lowest BCUT2D eigenvalue weighted by molar-refractivity contribution is -0.231. The van der Waals surface area contributed by atoms with E-state index < -0.39 is 37.1 Å². The molecule has 4 N–H and O–H groups in total. The highest BCUT2D eigenvalue weighted by molar-refractivity contribution is 6.31. The number of benzene rings is 1. The van der Waals surface area contributed by atoms with Gasteiger partial charge >= 0.3 is 0 Å². The molecule has 2 fully saturated rings. The molecule has 152 valence electrons. The number of nitrogens with zero attached hydrogens (tertiary/aromatic N) is 1. The Kier molecular flexibility index (Phi) is 7.10. The summed E-state index contributed by atoms with van der Waals surface area (Å²) in [6.07, 6.45) is -3.59. The lowest BCUT2D eigenvalue weighted by Gasteiger charge is -2.40. The van der Waals surface area contributed by atoms with Crippen molar-refractivity contribution in [1.29, 1.82) is 0 Å². The predicted octanol–water partition coefficient (Wildman–Crippen LogP) is 0.466. The number of likely N-dealkylation sites (tertiary alicyclic amines) is 1. The van der Waals surface area contributed by atoms with Gasteiger partial charge in [0.15, 0.2) is 0 Å². The van der Waals surface area contributed by atoms with E-state index >= 15 is 0 Å². The molecule has 2 aliphatic rings. The number of piperidine rings is 1. The summed E-state index contributed by atoms with van der Waals surface area (Å²) in [5.74, 6) is 0. The van der Waals surface area contributed by atoms with Gasteiger partial charge in [0.2, 0.25) is 0 Å². The van der Waals surface area contributed by atoms with Crippen LogP contribution < -0.4 is 0 Å². The largest absolute Gasteiger partial charge is 0.394 e. The van der Waals surface area contributed by atoms with Crippen LogP contribution in [0.25, 0.3) is 0 Å². The number of ether oxygens (including phenoxy) is 2. The van der Waals surface area contributed by atoms with Gasteiger partial charge in [-0.2, -0.15) is 0 Å². The zero-order valence-corrected chi connectivity index (χ0v) is 16.1. The molecule has 3 rings (SSSR count). The van der Waals surface area contributed by atoms with Crippen molar-refractivity contribution in [3.8, 4) is 0 Å². The van der Waals surface area contributed by atoms with E-state index in [-0.39, 0.29) is 0 Å². The van der Waals surface area contributed by atoms with Crippen LogP contribution in [0.15, 0.2) is 18.2 Å². The second-order valence-electron chi connectivity index (χ2n) is 7.31. The average molecular weight is 402 g/mol. The first kappa shape index (κ1) is 21.0. The van der Waals surface area contributed by atoms with E-state index in [2.05, 4.69) is 4.90 Å². The Balaban J connectivity index is 1.74. The molecule has 0 amide bonds. The molecule has 0 radical (unpaired) electrons. The second kappa shape index (κ2) is 9.15. The number of rotatable bonds is 5. The molecular formula is C19H28ClNO6. The minimum absolute atomic E-state index is 0.303. The van der Waals surface area contributed by atoms with Crippen LogP contribution in [0.4, 0.5) is 0 Å². The van der Waals surface area contributed by atoms with E-state index in [1.165, 1.54) is 0 Å². The minimum atomic E-state index is -1.40. The SMILES string of the molecule is COC1CCN(Cc2cc([C@@H]3O[C@H](CO)[C@@H](O)[C@H](O)[C@H]3O)ccc2Cl)CC1. The Hall–Kier alpha value is -0.770. The van der Waals surface area contributed by atoms with Gasteiger partial charge in [-0.1, -0.05) is 23.7 Å². The van der Waals surface area contributed by atoms with Crippen LogP contribution >= 0.6 is 11.6 Å². The van der Waals surface area contributed by atoms with Gasteiger partial charge in [0.1, 0.15) is 30.5 Å². The van der Waals surface area contributed by atoms with Gasteiger partial charge < -0.3 is 29.9 Å². The molecule has 2 saturated heterocycles. The van der Waals surface area contributed by atoms with E-state index in [0.717, 1.165) is 31.5 Å². The van der Waals surface area contributed by atoms with Gasteiger partial charge in [0.05, 0.1) is 12.7 Å². The summed E-state index contributed by atoms with van der Waals surface area (Å²) < 4.78 is 11.0. The third-order valence-corrected chi connectivity index (χ3v) is 5.92. The second-order valence-corrected chi connectivity index (χ2v) is 7.72. The minimum Gasteiger partial charge on any atom is -0.394 e. The van der Waals surface area contributed by atoms with Gasteiger partial charge in [-0.05, 0) is 30.0 Å². The maximum Gasteiger partial charge on any atom is 0.113 e. The highest BCUT2D eigenvalue weighted by Crippen LogP contribution is 2.34. The fourth-order valence-electron chi connectivity index (χ4n) is 3.81. The summed E-state index contributed by atoms with van der Waals surface area (Å²) >= 11 is 6.37. The van der Waals surface area contributed by atoms with Gasteiger partial charge in [-0.15, -0.1) is 0 Å². The Labute approximate surface area is 164 Å². The van der Waals surface area contributed by atoms with Crippen molar-refractivity contribution in [3.05, 3.63) is 34.3 Å². The third-order valence-electron chi connectivity index (χ3n) is 5.55. The summed E-state index contributed by atoms with van der Waals surface area (Å²) in [5, 5.41) is 40.3. The molecule has 8 heteroatoms. The lowest BCUT2D eigenvalue weighted by Crippen LogP contribution is -2.55. The Morgan fingerprint density at radius 3 is 2.48 bits per heavy atom. The van der Waals surface area contributed by atoms with Crippen LogP contribution in [-0.4, -0.2) is 82.7 Å². The predicted molar refractivity (Wildman–Crippen MR) is 99.5 cm³/mol. The Bertz CT molecular complexity index is 622. The van der Waals surface area contributed by atoms with Crippen LogP contribution in [0.2, 0.25) is 5.02 Å². The highest BCUT2D eigenvalue weighted by atomic mass is 35.5. The van der Waals surface area contributed by atoms with Crippen LogP contribution in [0.3, 0.4) is 0 Å². The molecule has 0 bridgehead atoms. The van der Waals surface area contributed by atoms with Crippen LogP contribution in [0, 0.1) is 0 Å². The molecule has 27 heavy (non-hydrogen) atoms. The van der Waals surface area contributed by atoms with E-state index in [1.54, 1.807) is 19.2 Å². The summed E-state index contributed by atoms with van der Waals surface area (Å²) in [7, 11) is 1.74. The number of methoxy groups -OCH3 is 1. The van der Waals surface area contributed by atoms with Crippen molar-refractivity contribution in [2.24, 2.45) is 0 Å². The molecule has 7 nitrogen and oxygen atoms in total. The van der Waals surface area contributed by atoms with Gasteiger partial charge in [0.25, 0.3) is 0 Å². The number of halogens is 1. The molecule has 0 aromatic heterocycles. The highest BCUT2D eigenvalue weighted by Gasteiger charge is 2.44. The van der Waals surface area contributed by atoms with Crippen LogP contribution in [-0.2, 0) is 16.0 Å². The first-order chi connectivity index (χ1) is 12.9. The molecule has 5 atom stereocenters. The van der Waals surface area contributed by atoms with Crippen molar-refractivity contribution in [3.63, 3.8) is 0 Å². The first-order valence-electron chi connectivity index (χ1n) is 9.28. The molecule has 0 aliphatic carbocycles. The smallest absolute Gasteiger partial charge is 0.113 e. The van der Waals surface area contributed by atoms with Crippen molar-refractivity contribution in [2.45, 2.75) is 56.0 Å². The van der Waals surface area contributed by atoms with Crippen molar-refractivity contribution in [1.82, 2.24) is 4.90 Å². The third kappa shape index (κ3) is 4.63. The topological polar surface area (TPSA) is 103 Å². The van der Waals surface area contributed by atoms with Gasteiger partial charge in [0, 0.05) is 31.8 Å². The van der Waals surface area contributed by atoms with Crippen molar-refractivity contribution in [2.75, 3.05) is 26.8 Å². The zero-order chi connectivity index (χ0) is 19.6. The molecule has 2 heterocycles. The van der Waals surface area contributed by atoms with Gasteiger partial charge in [-0.3, -0.25) is 4.90 Å². The fourth-order valence-corrected chi connectivity index (χ4v) is 3.99. The number of hydrogen-bond donors (Lipinski definition) is 4. The normalized spacial score (nSPS) is 33.3. The van der Waals surface area contributed by atoms with E-state index in [9.17, 15) is 20.4 Å². The van der Waals surface area contributed by atoms with Crippen LogP contribution in [0.5, 0.6) is 0 Å². The number of hydrogen-bond acceptors (Lipinski definition) is 7. The maximum absolute atomic E-state index is 10.3. The summed E-state index contributed by atoms with van der Waals surface area (Å²) in [6, 6.07) is 5.34. The lowest BCUT2D eigenvalue weighted by atomic mass is 9.90. The fraction of sp³-hybridized carbons (Fsp3) is 0.684. The maximum atomic E-state index is 10.3. The summed E-state index contributed by atoms with van der Waals surface area (Å²) in [4.78, 5) is 2.30. The zero-order valence-electron chi connectivity index (χ0n) is 15.4. The summed E-state index contributed by atoms with van der Waals surface area (Å²) in [6.45, 7) is 2.05. The van der Waals surface area contributed by atoms with E-state index in [0.29, 0.717) is 23.2 Å². The molecular weight excluding hydrogens is 374 g/mol. The van der Waals surface area contributed by atoms with Crippen molar-refractivity contribution >= 4 is 11.6 Å². The van der Waals surface area contributed by atoms with E-state index in [4.69, 9.17) is 21.1 Å². The Morgan fingerprint density at radius 1 is 1.15 bits per heavy atom. The first-order valence-corrected chi connectivity index (χ1v) is 9.66. The molecule has 1 aromatic rings. The molecule has 2 aliphatic heterocycles. The Morgan fingerprint density at radius 2 is 1.85 bits per heavy atom. The number of aliphatic hydroxyl groups excluding tert-OH is 4. The van der Waals surface area contributed by atoms with E-state index in [1.807, 2.05) is 6.07 Å². The average Bonchev–Trinajstić information content (AvgIpc) is 2.69. The standard InChI is InChI=1S/C19H28ClNO6/c1-26-13-4-6-21(7-5-13)9-12-8-11(2-3-14(12)20)19-18(25)17(24)16(23)15(10-22)27-19/h2-3,8,13,15-19,22-25H,4-7,9-10H2,1H3/t15-,16-,17+,18-,19+/m1/s1. The van der Waals surface area contributed by atoms with Gasteiger partial charge in [-0.25, -0.2) is 0 Å².